The molecule has 2 aliphatic rings. The maximum absolute atomic E-state index is 12.3. The van der Waals surface area contributed by atoms with E-state index >= 15 is 0 Å². The zero-order valence-electron chi connectivity index (χ0n) is 11.8. The zero-order chi connectivity index (χ0) is 14.6. The second kappa shape index (κ2) is 6.87. The summed E-state index contributed by atoms with van der Waals surface area (Å²) in [5.41, 5.74) is 0. The second-order valence-electron chi connectivity index (χ2n) is 5.55. The third-order valence-corrected chi connectivity index (χ3v) is 6.21. The SMILES string of the molecule is COC(=O)C1CCC(NS(=O)(=O)C2CCOCC2)CC1. The number of nitrogens with one attached hydrogen (secondary N) is 1. The second-order valence-corrected chi connectivity index (χ2v) is 7.54. The number of methoxy groups -OCH3 is 1. The van der Waals surface area contributed by atoms with Crippen LogP contribution < -0.4 is 4.72 Å². The van der Waals surface area contributed by atoms with Crippen LogP contribution in [0.3, 0.4) is 0 Å². The Labute approximate surface area is 120 Å². The molecule has 0 aromatic carbocycles. The summed E-state index contributed by atoms with van der Waals surface area (Å²) in [5.74, 6) is -0.264. The van der Waals surface area contributed by atoms with E-state index in [1.807, 2.05) is 0 Å². The first-order valence-corrected chi connectivity index (χ1v) is 8.74. The largest absolute Gasteiger partial charge is 0.469 e. The number of sulfonamides is 1. The molecule has 2 rings (SSSR count). The molecular weight excluding hydrogens is 282 g/mol. The van der Waals surface area contributed by atoms with Crippen LogP contribution >= 0.6 is 0 Å². The molecule has 1 aliphatic carbocycles. The Kier molecular flexibility index (Phi) is 5.40. The van der Waals surface area contributed by atoms with Gasteiger partial charge >= 0.3 is 5.97 Å². The Morgan fingerprint density at radius 2 is 1.70 bits per heavy atom. The van der Waals surface area contributed by atoms with Gasteiger partial charge in [-0.25, -0.2) is 13.1 Å². The Hall–Kier alpha value is -0.660. The maximum Gasteiger partial charge on any atom is 0.308 e. The van der Waals surface area contributed by atoms with Crippen molar-refractivity contribution in [3.8, 4) is 0 Å². The van der Waals surface area contributed by atoms with Crippen LogP contribution in [0.25, 0.3) is 0 Å². The smallest absolute Gasteiger partial charge is 0.308 e. The van der Waals surface area contributed by atoms with Gasteiger partial charge in [-0.3, -0.25) is 4.79 Å². The van der Waals surface area contributed by atoms with Crippen LogP contribution in [-0.2, 0) is 24.3 Å². The standard InChI is InChI=1S/C13H23NO5S/c1-18-13(15)10-2-4-11(5-3-10)14-20(16,17)12-6-8-19-9-7-12/h10-12,14H,2-9H2,1H3. The summed E-state index contributed by atoms with van der Waals surface area (Å²) < 4.78 is 37.3. The van der Waals surface area contributed by atoms with Gasteiger partial charge in [0.15, 0.2) is 0 Å². The Bertz CT molecular complexity index is 422. The molecule has 1 saturated heterocycles. The van der Waals surface area contributed by atoms with Crippen LogP contribution in [-0.4, -0.2) is 46.0 Å². The molecule has 20 heavy (non-hydrogen) atoms. The molecule has 7 heteroatoms. The molecule has 0 aromatic heterocycles. The van der Waals surface area contributed by atoms with Crippen LogP contribution in [0.5, 0.6) is 0 Å². The molecule has 0 unspecified atom stereocenters. The fraction of sp³-hybridized carbons (Fsp3) is 0.923. The summed E-state index contributed by atoms with van der Waals surface area (Å²) in [6.07, 6.45) is 3.89. The maximum atomic E-state index is 12.3. The van der Waals surface area contributed by atoms with Gasteiger partial charge in [0.05, 0.1) is 18.3 Å². The highest BCUT2D eigenvalue weighted by atomic mass is 32.2. The summed E-state index contributed by atoms with van der Waals surface area (Å²) in [4.78, 5) is 11.4. The van der Waals surface area contributed by atoms with Gasteiger partial charge < -0.3 is 9.47 Å². The van der Waals surface area contributed by atoms with Crippen molar-refractivity contribution in [2.75, 3.05) is 20.3 Å². The minimum absolute atomic E-state index is 0.0521. The van der Waals surface area contributed by atoms with E-state index in [1.165, 1.54) is 7.11 Å². The molecule has 1 heterocycles. The third-order valence-electron chi connectivity index (χ3n) is 4.20. The number of carbonyl (C=O) groups excluding carboxylic acids is 1. The normalized spacial score (nSPS) is 29.1. The summed E-state index contributed by atoms with van der Waals surface area (Å²) in [6, 6.07) is -0.0521. The first-order chi connectivity index (χ1) is 9.53. The summed E-state index contributed by atoms with van der Waals surface area (Å²) in [6.45, 7) is 1.03. The van der Waals surface area contributed by atoms with Crippen LogP contribution in [0.1, 0.15) is 38.5 Å². The van der Waals surface area contributed by atoms with Crippen molar-refractivity contribution >= 4 is 16.0 Å². The van der Waals surface area contributed by atoms with E-state index in [4.69, 9.17) is 9.47 Å². The number of carbonyl (C=O) groups is 1. The first kappa shape index (κ1) is 15.7. The lowest BCUT2D eigenvalue weighted by Crippen LogP contribution is -2.44. The lowest BCUT2D eigenvalue weighted by Gasteiger charge is -2.30. The number of esters is 1. The number of hydrogen-bond acceptors (Lipinski definition) is 5. The van der Waals surface area contributed by atoms with Crippen LogP contribution in [0, 0.1) is 5.92 Å². The average molecular weight is 305 g/mol. The van der Waals surface area contributed by atoms with Crippen molar-refractivity contribution in [2.45, 2.75) is 49.8 Å². The van der Waals surface area contributed by atoms with Crippen molar-refractivity contribution in [2.24, 2.45) is 5.92 Å². The molecule has 116 valence electrons. The highest BCUT2D eigenvalue weighted by Gasteiger charge is 2.33. The van der Waals surface area contributed by atoms with Gasteiger partial charge in [-0.2, -0.15) is 0 Å². The first-order valence-electron chi connectivity index (χ1n) is 7.19. The van der Waals surface area contributed by atoms with E-state index in [9.17, 15) is 13.2 Å². The molecule has 1 N–H and O–H groups in total. The number of rotatable bonds is 4. The van der Waals surface area contributed by atoms with Crippen molar-refractivity contribution in [3.05, 3.63) is 0 Å². The molecule has 0 spiro atoms. The predicted molar refractivity (Wildman–Crippen MR) is 73.7 cm³/mol. The molecule has 6 nitrogen and oxygen atoms in total. The van der Waals surface area contributed by atoms with E-state index in [-0.39, 0.29) is 23.2 Å². The van der Waals surface area contributed by atoms with Crippen LogP contribution in [0.4, 0.5) is 0 Å². The van der Waals surface area contributed by atoms with Gasteiger partial charge in [-0.05, 0) is 38.5 Å². The third kappa shape index (κ3) is 3.93. The molecule has 0 radical (unpaired) electrons. The molecule has 2 fully saturated rings. The topological polar surface area (TPSA) is 81.7 Å². The van der Waals surface area contributed by atoms with Gasteiger partial charge in [0, 0.05) is 19.3 Å². The average Bonchev–Trinajstić information content (AvgIpc) is 2.48. The van der Waals surface area contributed by atoms with E-state index in [1.54, 1.807) is 0 Å². The van der Waals surface area contributed by atoms with Gasteiger partial charge in [0.2, 0.25) is 10.0 Å². The van der Waals surface area contributed by atoms with Crippen molar-refractivity contribution in [1.82, 2.24) is 4.72 Å². The van der Waals surface area contributed by atoms with E-state index in [0.29, 0.717) is 51.7 Å². The van der Waals surface area contributed by atoms with Crippen LogP contribution in [0.15, 0.2) is 0 Å². The highest BCUT2D eigenvalue weighted by Crippen LogP contribution is 2.26. The minimum Gasteiger partial charge on any atom is -0.469 e. The van der Waals surface area contributed by atoms with Gasteiger partial charge in [0.25, 0.3) is 0 Å². The lowest BCUT2D eigenvalue weighted by molar-refractivity contribution is -0.146. The van der Waals surface area contributed by atoms with Gasteiger partial charge in [-0.15, -0.1) is 0 Å². The minimum atomic E-state index is -3.27. The molecule has 0 atom stereocenters. The fourth-order valence-corrected chi connectivity index (χ4v) is 4.63. The van der Waals surface area contributed by atoms with Crippen molar-refractivity contribution < 1.29 is 22.7 Å². The molecule has 0 bridgehead atoms. The van der Waals surface area contributed by atoms with Crippen molar-refractivity contribution in [3.63, 3.8) is 0 Å². The summed E-state index contributed by atoms with van der Waals surface area (Å²) in [7, 11) is -1.88. The zero-order valence-corrected chi connectivity index (χ0v) is 12.7. The number of ether oxygens (including phenoxy) is 2. The summed E-state index contributed by atoms with van der Waals surface area (Å²) in [5, 5.41) is -0.338. The number of hydrogen-bond donors (Lipinski definition) is 1. The van der Waals surface area contributed by atoms with Gasteiger partial charge in [0.1, 0.15) is 0 Å². The molecule has 0 aromatic rings. The van der Waals surface area contributed by atoms with Crippen LogP contribution in [0.2, 0.25) is 0 Å². The molecule has 0 amide bonds. The molecule has 1 saturated carbocycles. The predicted octanol–water partition coefficient (Wildman–Crippen LogP) is 0.817. The lowest BCUT2D eigenvalue weighted by atomic mass is 9.86. The quantitative estimate of drug-likeness (QED) is 0.778. The Morgan fingerprint density at radius 1 is 1.10 bits per heavy atom. The summed E-state index contributed by atoms with van der Waals surface area (Å²) >= 11 is 0. The Balaban J connectivity index is 1.84. The van der Waals surface area contributed by atoms with E-state index in [0.717, 1.165) is 0 Å². The van der Waals surface area contributed by atoms with Gasteiger partial charge in [-0.1, -0.05) is 0 Å². The highest BCUT2D eigenvalue weighted by molar-refractivity contribution is 7.90. The van der Waals surface area contributed by atoms with E-state index < -0.39 is 10.0 Å². The monoisotopic (exact) mass is 305 g/mol. The van der Waals surface area contributed by atoms with E-state index in [2.05, 4.69) is 4.72 Å². The fourth-order valence-electron chi connectivity index (χ4n) is 2.93. The molecule has 1 aliphatic heterocycles. The Morgan fingerprint density at radius 3 is 2.25 bits per heavy atom. The molecular formula is C13H23NO5S. The van der Waals surface area contributed by atoms with Crippen molar-refractivity contribution in [1.29, 1.82) is 0 Å².